The highest BCUT2D eigenvalue weighted by Gasteiger charge is 2.38. The fraction of sp³-hybridized carbons (Fsp3) is 1.00. The Balaban J connectivity index is 2.19. The summed E-state index contributed by atoms with van der Waals surface area (Å²) in [5.74, 6) is 0.667. The summed E-state index contributed by atoms with van der Waals surface area (Å²) in [6.45, 7) is 4.36. The molecule has 0 amide bonds. The van der Waals surface area contributed by atoms with Crippen LogP contribution < -0.4 is 0 Å². The van der Waals surface area contributed by atoms with E-state index in [0.717, 1.165) is 0 Å². The Labute approximate surface area is 62.5 Å². The Morgan fingerprint density at radius 1 is 1.78 bits per heavy atom. The van der Waals surface area contributed by atoms with E-state index in [1.807, 2.05) is 0 Å². The van der Waals surface area contributed by atoms with Crippen molar-refractivity contribution in [2.45, 2.75) is 31.3 Å². The lowest BCUT2D eigenvalue weighted by Gasteiger charge is -2.01. The van der Waals surface area contributed by atoms with E-state index in [0.29, 0.717) is 10.5 Å². The van der Waals surface area contributed by atoms with Crippen LogP contribution in [0.25, 0.3) is 0 Å². The molecule has 1 saturated heterocycles. The van der Waals surface area contributed by atoms with Gasteiger partial charge in [-0.3, -0.25) is 0 Å². The molecule has 1 heterocycles. The van der Waals surface area contributed by atoms with Gasteiger partial charge in [0.2, 0.25) is 0 Å². The van der Waals surface area contributed by atoms with E-state index in [9.17, 15) is 4.21 Å². The van der Waals surface area contributed by atoms with Crippen molar-refractivity contribution >= 4 is 20.6 Å². The summed E-state index contributed by atoms with van der Waals surface area (Å²) in [5, 5.41) is 0. The van der Waals surface area contributed by atoms with E-state index in [1.165, 1.54) is 12.8 Å². The molecule has 0 saturated carbocycles. The molecule has 0 aromatic heterocycles. The predicted molar refractivity (Wildman–Crippen MR) is 43.6 cm³/mol. The highest BCUT2D eigenvalue weighted by atomic mass is 33.2. The van der Waals surface area contributed by atoms with Crippen LogP contribution in [0.3, 0.4) is 0 Å². The van der Waals surface area contributed by atoms with Crippen LogP contribution in [0.5, 0.6) is 0 Å². The van der Waals surface area contributed by atoms with Gasteiger partial charge < -0.3 is 0 Å². The van der Waals surface area contributed by atoms with E-state index >= 15 is 0 Å². The third kappa shape index (κ3) is 1.97. The fourth-order valence-corrected chi connectivity index (χ4v) is 3.78. The zero-order valence-corrected chi connectivity index (χ0v) is 7.43. The first-order valence-electron chi connectivity index (χ1n) is 3.33. The average Bonchev–Trinajstić information content (AvgIpc) is 2.47. The van der Waals surface area contributed by atoms with Gasteiger partial charge in [-0.1, -0.05) is 20.3 Å². The lowest BCUT2D eigenvalue weighted by atomic mass is 10.1. The van der Waals surface area contributed by atoms with Gasteiger partial charge in [-0.15, -0.1) is 0 Å². The Bertz CT molecular complexity index is 124. The first-order valence-corrected chi connectivity index (χ1v) is 5.94. The zero-order chi connectivity index (χ0) is 6.85. The molecule has 0 spiro atoms. The molecule has 9 heavy (non-hydrogen) atoms. The Morgan fingerprint density at radius 2 is 2.33 bits per heavy atom. The lowest BCUT2D eigenvalue weighted by molar-refractivity contribution is 0.567. The van der Waals surface area contributed by atoms with Crippen molar-refractivity contribution in [3.63, 3.8) is 0 Å². The van der Waals surface area contributed by atoms with E-state index in [2.05, 4.69) is 13.8 Å². The van der Waals surface area contributed by atoms with E-state index in [1.54, 1.807) is 10.8 Å². The smallest absolute Gasteiger partial charge is 0.106 e. The molecule has 1 aliphatic rings. The predicted octanol–water partition coefficient (Wildman–Crippen LogP) is 2.16. The monoisotopic (exact) mass is 164 g/mol. The molecule has 1 rings (SSSR count). The molecule has 0 aromatic rings. The Hall–Kier alpha value is 0.500. The summed E-state index contributed by atoms with van der Waals surface area (Å²) in [5.41, 5.74) is 0. The van der Waals surface area contributed by atoms with Crippen LogP contribution in [0.15, 0.2) is 0 Å². The summed E-state index contributed by atoms with van der Waals surface area (Å²) in [6, 6.07) is 0. The first-order chi connectivity index (χ1) is 4.25. The molecule has 3 atom stereocenters. The molecule has 54 valence electrons. The van der Waals surface area contributed by atoms with Crippen LogP contribution in [-0.4, -0.2) is 8.79 Å². The summed E-state index contributed by atoms with van der Waals surface area (Å²) < 4.78 is 11.2. The second kappa shape index (κ2) is 3.06. The maximum atomic E-state index is 10.7. The molecule has 0 aliphatic carbocycles. The van der Waals surface area contributed by atoms with Crippen molar-refractivity contribution < 1.29 is 4.21 Å². The minimum absolute atomic E-state index is 0.477. The van der Waals surface area contributed by atoms with Crippen LogP contribution >= 0.6 is 10.8 Å². The second-order valence-electron chi connectivity index (χ2n) is 2.49. The van der Waals surface area contributed by atoms with Crippen LogP contribution in [0.4, 0.5) is 0 Å². The molecule has 0 radical (unpaired) electrons. The molecular weight excluding hydrogens is 152 g/mol. The molecular formula is C6H12OS2. The minimum Gasteiger partial charge on any atom is -0.247 e. The molecule has 1 nitrogen and oxygen atoms in total. The number of hydrogen-bond acceptors (Lipinski definition) is 2. The van der Waals surface area contributed by atoms with Crippen LogP contribution in [0.2, 0.25) is 0 Å². The molecule has 1 aliphatic heterocycles. The van der Waals surface area contributed by atoms with Crippen molar-refractivity contribution in [1.29, 1.82) is 0 Å². The molecule has 0 aromatic carbocycles. The van der Waals surface area contributed by atoms with Crippen LogP contribution in [0.1, 0.15) is 26.7 Å². The van der Waals surface area contributed by atoms with Gasteiger partial charge in [-0.2, -0.15) is 0 Å². The maximum absolute atomic E-state index is 10.7. The molecule has 3 unspecified atom stereocenters. The van der Waals surface area contributed by atoms with E-state index < -0.39 is 9.83 Å². The van der Waals surface area contributed by atoms with Gasteiger partial charge >= 0.3 is 0 Å². The van der Waals surface area contributed by atoms with E-state index in [-0.39, 0.29) is 0 Å². The van der Waals surface area contributed by atoms with Crippen molar-refractivity contribution in [3.05, 3.63) is 0 Å². The summed E-state index contributed by atoms with van der Waals surface area (Å²) in [4.78, 5) is 0. The van der Waals surface area contributed by atoms with E-state index in [4.69, 9.17) is 0 Å². The third-order valence-corrected chi connectivity index (χ3v) is 4.88. The highest BCUT2D eigenvalue weighted by Crippen LogP contribution is 2.45. The normalized spacial score (nSPS) is 36.2. The molecule has 0 N–H and O–H groups in total. The lowest BCUT2D eigenvalue weighted by Crippen LogP contribution is -2.00. The zero-order valence-electron chi connectivity index (χ0n) is 5.79. The SMILES string of the molecule is CCCC(C)C1SS1=O. The molecule has 0 bridgehead atoms. The first kappa shape index (κ1) is 7.61. The minimum atomic E-state index is -0.514. The van der Waals surface area contributed by atoms with Gasteiger partial charge in [-0.25, -0.2) is 4.21 Å². The van der Waals surface area contributed by atoms with Crippen molar-refractivity contribution in [2.75, 3.05) is 0 Å². The van der Waals surface area contributed by atoms with Gasteiger partial charge in [0.15, 0.2) is 0 Å². The summed E-state index contributed by atoms with van der Waals surface area (Å²) in [7, 11) is 1.10. The van der Waals surface area contributed by atoms with Crippen molar-refractivity contribution in [1.82, 2.24) is 0 Å². The topological polar surface area (TPSA) is 17.1 Å². The average molecular weight is 164 g/mol. The number of hydrogen-bond donors (Lipinski definition) is 0. The summed E-state index contributed by atoms with van der Waals surface area (Å²) >= 11 is 0. The molecule has 1 fully saturated rings. The Kier molecular flexibility index (Phi) is 2.59. The van der Waals surface area contributed by atoms with Crippen LogP contribution in [0, 0.1) is 5.92 Å². The second-order valence-corrected chi connectivity index (χ2v) is 6.08. The Morgan fingerprint density at radius 3 is 2.67 bits per heavy atom. The van der Waals surface area contributed by atoms with Crippen LogP contribution in [-0.2, 0) is 9.83 Å². The quantitative estimate of drug-likeness (QED) is 0.469. The van der Waals surface area contributed by atoms with Crippen molar-refractivity contribution in [3.8, 4) is 0 Å². The van der Waals surface area contributed by atoms with Gasteiger partial charge in [0.1, 0.15) is 4.58 Å². The van der Waals surface area contributed by atoms with Gasteiger partial charge in [0.05, 0.1) is 9.83 Å². The molecule has 3 heteroatoms. The third-order valence-electron chi connectivity index (χ3n) is 1.55. The largest absolute Gasteiger partial charge is 0.247 e. The standard InChI is InChI=1S/C6H12OS2/c1-3-4-5(2)6-8-9(6)7/h5-6H,3-4H2,1-2H3. The van der Waals surface area contributed by atoms with Gasteiger partial charge in [0.25, 0.3) is 0 Å². The van der Waals surface area contributed by atoms with Crippen molar-refractivity contribution in [2.24, 2.45) is 5.92 Å². The fourth-order valence-electron chi connectivity index (χ4n) is 0.947. The maximum Gasteiger partial charge on any atom is 0.106 e. The van der Waals surface area contributed by atoms with Gasteiger partial charge in [-0.05, 0) is 23.1 Å². The van der Waals surface area contributed by atoms with Gasteiger partial charge in [0, 0.05) is 0 Å². The highest BCUT2D eigenvalue weighted by molar-refractivity contribution is 8.85. The summed E-state index contributed by atoms with van der Waals surface area (Å²) in [6.07, 6.45) is 2.44. The number of rotatable bonds is 3.